The highest BCUT2D eigenvalue weighted by Gasteiger charge is 2.36. The van der Waals surface area contributed by atoms with E-state index >= 15 is 0 Å². The van der Waals surface area contributed by atoms with Gasteiger partial charge in [0.15, 0.2) is 5.78 Å². The van der Waals surface area contributed by atoms with Gasteiger partial charge in [-0.2, -0.15) is 5.01 Å². The molecular formula is C29H19N5O11. The molecule has 5 rings (SSSR count). The minimum atomic E-state index is -0.992. The van der Waals surface area contributed by atoms with Crippen molar-refractivity contribution in [2.75, 3.05) is 14.1 Å². The topological polar surface area (TPSA) is 207 Å². The first kappa shape index (κ1) is 29.8. The molecule has 0 radical (unpaired) electrons. The molecule has 0 spiro atoms. The molecule has 0 bridgehead atoms. The van der Waals surface area contributed by atoms with Crippen LogP contribution >= 0.6 is 0 Å². The van der Waals surface area contributed by atoms with Crippen molar-refractivity contribution in [3.05, 3.63) is 132 Å². The molecule has 0 heterocycles. The maximum Gasteiger partial charge on any atom is 0.343 e. The van der Waals surface area contributed by atoms with Crippen molar-refractivity contribution in [1.82, 2.24) is 5.01 Å². The highest BCUT2D eigenvalue weighted by Crippen LogP contribution is 2.44. The average Bonchev–Trinajstić information content (AvgIpc) is 3.02. The lowest BCUT2D eigenvalue weighted by molar-refractivity contribution is -0.695. The van der Waals surface area contributed by atoms with Crippen LogP contribution in [0.2, 0.25) is 0 Å². The van der Waals surface area contributed by atoms with Gasteiger partial charge in [0.25, 0.3) is 0 Å². The van der Waals surface area contributed by atoms with Gasteiger partial charge in [0.05, 0.1) is 45.6 Å². The van der Waals surface area contributed by atoms with Gasteiger partial charge in [-0.1, -0.05) is 42.5 Å². The number of rotatable bonds is 9. The van der Waals surface area contributed by atoms with Gasteiger partial charge in [-0.3, -0.25) is 34.7 Å². The van der Waals surface area contributed by atoms with E-state index in [2.05, 4.69) is 5.28 Å². The number of carbonyl (C=O) groups is 3. The molecular weight excluding hydrogens is 594 g/mol. The Morgan fingerprint density at radius 1 is 0.711 bits per heavy atom. The first-order valence-electron chi connectivity index (χ1n) is 12.8. The van der Waals surface area contributed by atoms with Crippen LogP contribution in [0.15, 0.2) is 84.1 Å². The molecule has 0 amide bonds. The maximum atomic E-state index is 13.9. The summed E-state index contributed by atoms with van der Waals surface area (Å²) >= 11 is 0. The van der Waals surface area contributed by atoms with E-state index in [0.29, 0.717) is 6.07 Å². The maximum absolute atomic E-state index is 13.9. The minimum absolute atomic E-state index is 0.0512. The number of nitrogens with zero attached hydrogens (tertiary/aromatic N) is 5. The number of hydrazine groups is 1. The van der Waals surface area contributed by atoms with Crippen LogP contribution in [0.3, 0.4) is 0 Å². The molecule has 0 N–H and O–H groups in total. The number of carbonyl (C=O) groups excluding carboxylic acids is 3. The van der Waals surface area contributed by atoms with Crippen molar-refractivity contribution >= 4 is 28.9 Å². The van der Waals surface area contributed by atoms with Gasteiger partial charge < -0.3 is 14.7 Å². The van der Waals surface area contributed by atoms with Crippen molar-refractivity contribution in [2.24, 2.45) is 5.28 Å². The third kappa shape index (κ3) is 5.70. The number of hydrogen-bond donors (Lipinski definition) is 0. The molecule has 0 unspecified atom stereocenters. The Hall–Kier alpha value is -6.71. The standard InChI is InChI=1S/C29H19N5O11/c1-31(2)34(42)30-45-24-15-23(19(32(38)39)14-20(24)33(40)41)43-21-12-6-10-17-25(21)28(36)26-18(27(17)35)11-7-13-22(26)44-29(37)16-8-4-3-5-9-16/h3-15H,1-2H3/b34-30+. The van der Waals surface area contributed by atoms with E-state index in [9.17, 15) is 39.8 Å². The number of benzene rings is 4. The lowest BCUT2D eigenvalue weighted by atomic mass is 9.83. The van der Waals surface area contributed by atoms with Gasteiger partial charge in [0.1, 0.15) is 17.6 Å². The monoisotopic (exact) mass is 613 g/mol. The van der Waals surface area contributed by atoms with Crippen LogP contribution in [0.1, 0.15) is 42.2 Å². The largest absolute Gasteiger partial charge is 0.569 e. The Morgan fingerprint density at radius 2 is 1.29 bits per heavy atom. The summed E-state index contributed by atoms with van der Waals surface area (Å²) in [6, 6.07) is 17.3. The van der Waals surface area contributed by atoms with Crippen molar-refractivity contribution in [1.29, 1.82) is 0 Å². The second-order valence-corrected chi connectivity index (χ2v) is 9.45. The summed E-state index contributed by atoms with van der Waals surface area (Å²) in [5.41, 5.74) is -2.33. The molecule has 45 heavy (non-hydrogen) atoms. The molecule has 0 fully saturated rings. The minimum Gasteiger partial charge on any atom is -0.569 e. The zero-order valence-electron chi connectivity index (χ0n) is 23.2. The third-order valence-corrected chi connectivity index (χ3v) is 6.41. The summed E-state index contributed by atoms with van der Waals surface area (Å²) < 4.78 is 11.2. The Morgan fingerprint density at radius 3 is 1.89 bits per heavy atom. The average molecular weight is 613 g/mol. The van der Waals surface area contributed by atoms with Crippen LogP contribution in [0, 0.1) is 25.4 Å². The van der Waals surface area contributed by atoms with Gasteiger partial charge in [-0.05, 0) is 24.3 Å². The van der Waals surface area contributed by atoms with Crippen molar-refractivity contribution in [2.45, 2.75) is 0 Å². The summed E-state index contributed by atoms with van der Waals surface area (Å²) in [5, 5.41) is 39.4. The fraction of sp³-hybridized carbons (Fsp3) is 0.0690. The van der Waals surface area contributed by atoms with Crippen molar-refractivity contribution in [3.8, 4) is 23.0 Å². The molecule has 4 aromatic rings. The molecule has 0 saturated carbocycles. The number of ether oxygens (including phenoxy) is 2. The van der Waals surface area contributed by atoms with Crippen molar-refractivity contribution < 1.29 is 43.5 Å². The number of hydrogen-bond acceptors (Lipinski definition) is 12. The van der Waals surface area contributed by atoms with Crippen LogP contribution in [0.4, 0.5) is 11.4 Å². The van der Waals surface area contributed by atoms with Crippen molar-refractivity contribution in [3.63, 3.8) is 0 Å². The highest BCUT2D eigenvalue weighted by atomic mass is 16.7. The van der Waals surface area contributed by atoms with E-state index < -0.39 is 50.3 Å². The molecule has 16 heteroatoms. The third-order valence-electron chi connectivity index (χ3n) is 6.41. The Kier molecular flexibility index (Phi) is 7.86. The summed E-state index contributed by atoms with van der Waals surface area (Å²) in [5.74, 6) is -4.08. The van der Waals surface area contributed by atoms with Crippen LogP contribution in [-0.2, 0) is 0 Å². The summed E-state index contributed by atoms with van der Waals surface area (Å²) in [6.07, 6.45) is 0. The smallest absolute Gasteiger partial charge is 0.343 e. The fourth-order valence-corrected chi connectivity index (χ4v) is 4.33. The predicted octanol–water partition coefficient (Wildman–Crippen LogP) is 5.02. The Labute approximate surface area is 252 Å². The zero-order valence-corrected chi connectivity index (χ0v) is 23.2. The van der Waals surface area contributed by atoms with E-state index in [1.807, 2.05) is 0 Å². The molecule has 0 saturated heterocycles. The highest BCUT2D eigenvalue weighted by molar-refractivity contribution is 6.30. The van der Waals surface area contributed by atoms with Gasteiger partial charge in [-0.25, -0.2) is 4.79 Å². The lowest BCUT2D eigenvalue weighted by Gasteiger charge is -2.22. The van der Waals surface area contributed by atoms with E-state index in [1.54, 1.807) is 18.2 Å². The number of ketones is 2. The summed E-state index contributed by atoms with van der Waals surface area (Å²) in [7, 11) is 2.61. The van der Waals surface area contributed by atoms with E-state index in [4.69, 9.17) is 14.3 Å². The predicted molar refractivity (Wildman–Crippen MR) is 151 cm³/mol. The van der Waals surface area contributed by atoms with Gasteiger partial charge >= 0.3 is 17.3 Å². The first-order valence-corrected chi connectivity index (χ1v) is 12.8. The number of fused-ring (bicyclic) bond motifs is 2. The first-order chi connectivity index (χ1) is 21.5. The second-order valence-electron chi connectivity index (χ2n) is 9.45. The SMILES string of the molecule is CN(C)/[N+]([O-])=N\Oc1cc(Oc2cccc3c2C(=O)c2c(OC(=O)c4ccccc4)cccc2C3=O)c([N+](=O)[O-])cc1[N+](=O)[O-]. The fourth-order valence-electron chi connectivity index (χ4n) is 4.33. The van der Waals surface area contributed by atoms with E-state index in [-0.39, 0.29) is 44.3 Å². The number of nitro groups is 2. The number of esters is 1. The van der Waals surface area contributed by atoms with Crippen LogP contribution in [-0.4, -0.2) is 51.5 Å². The molecule has 4 aromatic carbocycles. The summed E-state index contributed by atoms with van der Waals surface area (Å²) in [6.45, 7) is 0. The van der Waals surface area contributed by atoms with Gasteiger partial charge in [0, 0.05) is 17.2 Å². The number of nitro benzene ring substituents is 2. The Bertz CT molecular complexity index is 1940. The van der Waals surface area contributed by atoms with Gasteiger partial charge in [0.2, 0.25) is 22.6 Å². The van der Waals surface area contributed by atoms with E-state index in [1.165, 1.54) is 62.6 Å². The quantitative estimate of drug-likeness (QED) is 0.0536. The molecule has 1 aliphatic rings. The zero-order chi connectivity index (χ0) is 32.4. The molecule has 0 atom stereocenters. The second kappa shape index (κ2) is 11.9. The van der Waals surface area contributed by atoms with Crippen LogP contribution in [0.5, 0.6) is 23.0 Å². The molecule has 0 aromatic heterocycles. The Balaban J connectivity index is 1.59. The summed E-state index contributed by atoms with van der Waals surface area (Å²) in [4.78, 5) is 66.7. The van der Waals surface area contributed by atoms with Crippen LogP contribution < -0.4 is 14.3 Å². The van der Waals surface area contributed by atoms with Gasteiger partial charge in [-0.15, -0.1) is 0 Å². The molecule has 1 aliphatic carbocycles. The molecule has 16 nitrogen and oxygen atoms in total. The molecule has 0 aliphatic heterocycles. The normalized spacial score (nSPS) is 12.1. The lowest BCUT2D eigenvalue weighted by Crippen LogP contribution is -2.23. The van der Waals surface area contributed by atoms with Crippen LogP contribution in [0.25, 0.3) is 0 Å². The molecule has 226 valence electrons. The van der Waals surface area contributed by atoms with E-state index in [0.717, 1.165) is 11.1 Å².